The molecular weight excluding hydrogens is 349 g/mol. The summed E-state index contributed by atoms with van der Waals surface area (Å²) < 4.78 is 28.2. The zero-order chi connectivity index (χ0) is 16.3. The highest BCUT2D eigenvalue weighted by Gasteiger charge is 2.29. The molecule has 1 heterocycles. The van der Waals surface area contributed by atoms with Gasteiger partial charge in [0.2, 0.25) is 0 Å². The molecular formula is C14H17Cl2NO4S. The molecule has 0 aliphatic carbocycles. The van der Waals surface area contributed by atoms with Crippen molar-refractivity contribution in [1.29, 1.82) is 0 Å². The van der Waals surface area contributed by atoms with Crippen LogP contribution in [0.4, 0.5) is 0 Å². The molecule has 0 saturated carbocycles. The van der Waals surface area contributed by atoms with Crippen molar-refractivity contribution in [3.63, 3.8) is 0 Å². The number of hydrogen-bond acceptors (Lipinski definition) is 4. The molecule has 2 rings (SSSR count). The van der Waals surface area contributed by atoms with Gasteiger partial charge in [0.1, 0.15) is 0 Å². The second kappa shape index (κ2) is 7.06. The second-order valence-corrected chi connectivity index (χ2v) is 8.23. The molecule has 0 spiro atoms. The summed E-state index contributed by atoms with van der Waals surface area (Å²) in [5, 5.41) is 3.20. The van der Waals surface area contributed by atoms with E-state index in [0.29, 0.717) is 18.8 Å². The van der Waals surface area contributed by atoms with Crippen LogP contribution in [0.2, 0.25) is 10.0 Å². The van der Waals surface area contributed by atoms with Gasteiger partial charge in [0, 0.05) is 11.6 Å². The van der Waals surface area contributed by atoms with Crippen molar-refractivity contribution in [1.82, 2.24) is 5.32 Å². The number of amides is 1. The molecule has 1 fully saturated rings. The number of carbonyl (C=O) groups excluding carboxylic acids is 1. The fourth-order valence-electron chi connectivity index (χ4n) is 2.21. The summed E-state index contributed by atoms with van der Waals surface area (Å²) >= 11 is 12.2. The summed E-state index contributed by atoms with van der Waals surface area (Å²) in [5.41, 5.74) is 0.281. The quantitative estimate of drug-likeness (QED) is 0.870. The number of carbonyl (C=O) groups is 1. The molecule has 1 aliphatic heterocycles. The summed E-state index contributed by atoms with van der Waals surface area (Å²) in [4.78, 5) is 12.2. The molecule has 5 nitrogen and oxygen atoms in total. The number of halogens is 2. The molecule has 1 atom stereocenters. The Labute approximate surface area is 139 Å². The normalized spacial score (nSPS) is 19.9. The Kier molecular flexibility index (Phi) is 5.58. The Morgan fingerprint density at radius 3 is 2.50 bits per heavy atom. The van der Waals surface area contributed by atoms with Gasteiger partial charge in [0.05, 0.1) is 28.2 Å². The molecule has 1 unspecified atom stereocenters. The average molecular weight is 366 g/mol. The van der Waals surface area contributed by atoms with Crippen LogP contribution in [0.5, 0.6) is 5.75 Å². The maximum atomic E-state index is 12.2. The molecule has 0 aromatic heterocycles. The standard InChI is InChI=1S/C14H17Cl2NO4S/c1-2-4-21-13-11(15)6-9(7-12(13)16)14(18)17-10-3-5-22(19,20)8-10/h6-7,10H,2-5,8H2,1H3,(H,17,18). The number of hydrogen-bond donors (Lipinski definition) is 1. The lowest BCUT2D eigenvalue weighted by Crippen LogP contribution is -2.35. The van der Waals surface area contributed by atoms with Crippen molar-refractivity contribution in [2.45, 2.75) is 25.8 Å². The first-order chi connectivity index (χ1) is 10.3. The van der Waals surface area contributed by atoms with Crippen molar-refractivity contribution in [2.24, 2.45) is 0 Å². The molecule has 1 aliphatic rings. The van der Waals surface area contributed by atoms with Crippen LogP contribution in [-0.4, -0.2) is 38.5 Å². The Morgan fingerprint density at radius 2 is 2.00 bits per heavy atom. The molecule has 1 aromatic rings. The molecule has 0 radical (unpaired) electrons. The highest BCUT2D eigenvalue weighted by Crippen LogP contribution is 2.34. The van der Waals surface area contributed by atoms with Crippen molar-refractivity contribution >= 4 is 38.9 Å². The first kappa shape index (κ1) is 17.4. The molecule has 1 amide bonds. The fraction of sp³-hybridized carbons (Fsp3) is 0.500. The van der Waals surface area contributed by atoms with E-state index in [4.69, 9.17) is 27.9 Å². The van der Waals surface area contributed by atoms with Gasteiger partial charge in [-0.1, -0.05) is 30.1 Å². The van der Waals surface area contributed by atoms with Gasteiger partial charge < -0.3 is 10.1 Å². The second-order valence-electron chi connectivity index (χ2n) is 5.19. The van der Waals surface area contributed by atoms with Crippen LogP contribution in [0.3, 0.4) is 0 Å². The van der Waals surface area contributed by atoms with Gasteiger partial charge >= 0.3 is 0 Å². The highest BCUT2D eigenvalue weighted by molar-refractivity contribution is 7.91. The molecule has 0 bridgehead atoms. The maximum Gasteiger partial charge on any atom is 0.251 e. The van der Waals surface area contributed by atoms with Gasteiger partial charge in [-0.3, -0.25) is 4.79 Å². The van der Waals surface area contributed by atoms with E-state index in [2.05, 4.69) is 5.32 Å². The Morgan fingerprint density at radius 1 is 1.36 bits per heavy atom. The van der Waals surface area contributed by atoms with Gasteiger partial charge in [-0.2, -0.15) is 0 Å². The third kappa shape index (κ3) is 4.27. The third-order valence-corrected chi connectivity index (χ3v) is 5.61. The van der Waals surface area contributed by atoms with Crippen LogP contribution >= 0.6 is 23.2 Å². The van der Waals surface area contributed by atoms with Crippen LogP contribution in [0.15, 0.2) is 12.1 Å². The zero-order valence-corrected chi connectivity index (χ0v) is 14.4. The van der Waals surface area contributed by atoms with E-state index < -0.39 is 15.7 Å². The van der Waals surface area contributed by atoms with E-state index >= 15 is 0 Å². The van der Waals surface area contributed by atoms with E-state index in [9.17, 15) is 13.2 Å². The van der Waals surface area contributed by atoms with Crippen LogP contribution in [0.1, 0.15) is 30.1 Å². The molecule has 22 heavy (non-hydrogen) atoms. The largest absolute Gasteiger partial charge is 0.490 e. The number of rotatable bonds is 5. The van der Waals surface area contributed by atoms with Crippen LogP contribution in [0.25, 0.3) is 0 Å². The van der Waals surface area contributed by atoms with Gasteiger partial charge in [-0.15, -0.1) is 0 Å². The molecule has 122 valence electrons. The Hall–Kier alpha value is -0.980. The van der Waals surface area contributed by atoms with Crippen LogP contribution < -0.4 is 10.1 Å². The van der Waals surface area contributed by atoms with E-state index in [1.54, 1.807) is 0 Å². The van der Waals surface area contributed by atoms with Crippen molar-refractivity contribution in [2.75, 3.05) is 18.1 Å². The zero-order valence-electron chi connectivity index (χ0n) is 12.1. The number of ether oxygens (including phenoxy) is 1. The molecule has 1 N–H and O–H groups in total. The minimum atomic E-state index is -3.04. The van der Waals surface area contributed by atoms with E-state index in [1.807, 2.05) is 6.92 Å². The lowest BCUT2D eigenvalue weighted by Gasteiger charge is -2.13. The average Bonchev–Trinajstić information content (AvgIpc) is 2.76. The van der Waals surface area contributed by atoms with Gasteiger partial charge in [0.15, 0.2) is 15.6 Å². The van der Waals surface area contributed by atoms with E-state index in [0.717, 1.165) is 6.42 Å². The molecule has 1 saturated heterocycles. The van der Waals surface area contributed by atoms with Crippen LogP contribution in [0, 0.1) is 0 Å². The number of benzene rings is 1. The summed E-state index contributed by atoms with van der Waals surface area (Å²) in [6, 6.07) is 2.57. The Balaban J connectivity index is 2.10. The SMILES string of the molecule is CCCOc1c(Cl)cc(C(=O)NC2CCS(=O)(=O)C2)cc1Cl. The number of sulfone groups is 1. The van der Waals surface area contributed by atoms with Crippen molar-refractivity contribution < 1.29 is 17.9 Å². The minimum absolute atomic E-state index is 0.0299. The lowest BCUT2D eigenvalue weighted by atomic mass is 10.1. The topological polar surface area (TPSA) is 72.5 Å². The van der Waals surface area contributed by atoms with Gasteiger partial charge in [0.25, 0.3) is 5.91 Å². The van der Waals surface area contributed by atoms with Crippen LogP contribution in [-0.2, 0) is 9.84 Å². The first-order valence-electron chi connectivity index (χ1n) is 6.95. The van der Waals surface area contributed by atoms with Crippen molar-refractivity contribution in [3.8, 4) is 5.75 Å². The monoisotopic (exact) mass is 365 g/mol. The van der Waals surface area contributed by atoms with Gasteiger partial charge in [-0.05, 0) is 25.0 Å². The Bertz CT molecular complexity index is 652. The third-order valence-electron chi connectivity index (χ3n) is 3.28. The predicted molar refractivity (Wildman–Crippen MR) is 86.8 cm³/mol. The molecule has 8 heteroatoms. The highest BCUT2D eigenvalue weighted by atomic mass is 35.5. The maximum absolute atomic E-state index is 12.2. The molecule has 1 aromatic carbocycles. The smallest absolute Gasteiger partial charge is 0.251 e. The summed E-state index contributed by atoms with van der Waals surface area (Å²) in [7, 11) is -3.04. The fourth-order valence-corrected chi connectivity index (χ4v) is 4.48. The number of nitrogens with one attached hydrogen (secondary N) is 1. The minimum Gasteiger partial charge on any atom is -0.490 e. The van der Waals surface area contributed by atoms with Crippen molar-refractivity contribution in [3.05, 3.63) is 27.7 Å². The van der Waals surface area contributed by atoms with E-state index in [1.165, 1.54) is 12.1 Å². The lowest BCUT2D eigenvalue weighted by molar-refractivity contribution is 0.0941. The first-order valence-corrected chi connectivity index (χ1v) is 9.53. The van der Waals surface area contributed by atoms with Gasteiger partial charge in [-0.25, -0.2) is 8.42 Å². The van der Waals surface area contributed by atoms with E-state index in [-0.39, 0.29) is 33.2 Å². The summed E-state index contributed by atoms with van der Waals surface area (Å²) in [6.45, 7) is 2.43. The predicted octanol–water partition coefficient (Wildman–Crippen LogP) is 2.70. The summed E-state index contributed by atoms with van der Waals surface area (Å²) in [6.07, 6.45) is 1.23. The summed E-state index contributed by atoms with van der Waals surface area (Å²) in [5.74, 6) is 0.0272.